The summed E-state index contributed by atoms with van der Waals surface area (Å²) in [6, 6.07) is 15.5. The third-order valence-corrected chi connectivity index (χ3v) is 5.31. The van der Waals surface area contributed by atoms with E-state index in [0.29, 0.717) is 18.2 Å². The Morgan fingerprint density at radius 2 is 1.62 bits per heavy atom. The van der Waals surface area contributed by atoms with Gasteiger partial charge in [-0.1, -0.05) is 41.9 Å². The van der Waals surface area contributed by atoms with Crippen molar-refractivity contribution in [3.8, 4) is 0 Å². The summed E-state index contributed by atoms with van der Waals surface area (Å²) in [5.74, 6) is -2.51. The van der Waals surface area contributed by atoms with E-state index in [1.807, 2.05) is 6.07 Å². The zero-order valence-corrected chi connectivity index (χ0v) is 15.1. The number of carbonyl (C=O) groups is 2. The van der Waals surface area contributed by atoms with Crippen LogP contribution < -0.4 is 0 Å². The van der Waals surface area contributed by atoms with Gasteiger partial charge in [-0.05, 0) is 48.4 Å². The van der Waals surface area contributed by atoms with Crippen LogP contribution >= 0.6 is 11.6 Å². The quantitative estimate of drug-likeness (QED) is 0.788. The van der Waals surface area contributed by atoms with Crippen molar-refractivity contribution < 1.29 is 19.8 Å². The van der Waals surface area contributed by atoms with Gasteiger partial charge in [-0.3, -0.25) is 4.90 Å². The first-order valence-electron chi connectivity index (χ1n) is 8.03. The second-order valence-corrected chi connectivity index (χ2v) is 6.85. The molecule has 2 unspecified atom stereocenters. The van der Waals surface area contributed by atoms with Crippen LogP contribution in [-0.4, -0.2) is 34.1 Å². The molecule has 0 aliphatic carbocycles. The van der Waals surface area contributed by atoms with E-state index in [1.165, 1.54) is 22.3 Å². The molecule has 2 aliphatic rings. The molecule has 0 radical (unpaired) electrons. The average molecular weight is 372 g/mol. The van der Waals surface area contributed by atoms with Crippen molar-refractivity contribution in [1.82, 2.24) is 4.90 Å². The maximum absolute atomic E-state index is 9.55. The van der Waals surface area contributed by atoms with Crippen molar-refractivity contribution in [2.45, 2.75) is 18.5 Å². The summed E-state index contributed by atoms with van der Waals surface area (Å²) in [5.41, 5.74) is 5.61. The second-order valence-electron chi connectivity index (χ2n) is 6.41. The molecule has 2 atom stereocenters. The van der Waals surface area contributed by atoms with E-state index in [-0.39, 0.29) is 5.54 Å². The summed E-state index contributed by atoms with van der Waals surface area (Å²) in [5, 5.41) is 16.5. The molecule has 2 aromatic carbocycles. The Hall–Kier alpha value is -2.63. The summed E-state index contributed by atoms with van der Waals surface area (Å²) < 4.78 is 0. The number of halogens is 1. The Balaban J connectivity index is 0.000000211. The van der Waals surface area contributed by atoms with Gasteiger partial charge in [0.2, 0.25) is 0 Å². The molecular weight excluding hydrogens is 354 g/mol. The van der Waals surface area contributed by atoms with Gasteiger partial charge in [0.25, 0.3) is 0 Å². The molecule has 2 N–H and O–H groups in total. The van der Waals surface area contributed by atoms with Gasteiger partial charge in [0.1, 0.15) is 0 Å². The monoisotopic (exact) mass is 371 g/mol. The predicted molar refractivity (Wildman–Crippen MR) is 98.4 cm³/mol. The van der Waals surface area contributed by atoms with Gasteiger partial charge in [-0.2, -0.15) is 0 Å². The van der Waals surface area contributed by atoms with Crippen molar-refractivity contribution in [3.63, 3.8) is 0 Å². The molecule has 26 heavy (non-hydrogen) atoms. The Morgan fingerprint density at radius 1 is 1.04 bits per heavy atom. The topological polar surface area (TPSA) is 77.8 Å². The highest BCUT2D eigenvalue weighted by atomic mass is 35.5. The normalized spacial score (nSPS) is 22.5. The van der Waals surface area contributed by atoms with Gasteiger partial charge in [-0.25, -0.2) is 9.59 Å². The zero-order chi connectivity index (χ0) is 19.1. The third-order valence-electron chi connectivity index (χ3n) is 5.08. The van der Waals surface area contributed by atoms with Crippen LogP contribution in [0.2, 0.25) is 5.02 Å². The first-order valence-corrected chi connectivity index (χ1v) is 8.40. The van der Waals surface area contributed by atoms with Crippen LogP contribution in [0.25, 0.3) is 0 Å². The fourth-order valence-electron chi connectivity index (χ4n) is 3.88. The average Bonchev–Trinajstić information content (AvgIpc) is 2.95. The molecule has 2 aromatic rings. The smallest absolute Gasteiger partial charge is 0.328 e. The summed E-state index contributed by atoms with van der Waals surface area (Å²) in [6.07, 6.45) is 1.12. The minimum absolute atomic E-state index is 0.0263. The molecule has 2 heterocycles. The molecule has 5 nitrogen and oxygen atoms in total. The van der Waals surface area contributed by atoms with Crippen LogP contribution in [0.3, 0.4) is 0 Å². The minimum atomic E-state index is -1.26. The molecule has 4 rings (SSSR count). The molecular formula is C20H18ClNO4. The summed E-state index contributed by atoms with van der Waals surface area (Å²) in [6.45, 7) is 2.30. The van der Waals surface area contributed by atoms with Crippen LogP contribution in [0, 0.1) is 0 Å². The van der Waals surface area contributed by atoms with Gasteiger partial charge >= 0.3 is 11.9 Å². The van der Waals surface area contributed by atoms with E-state index in [4.69, 9.17) is 21.8 Å². The maximum Gasteiger partial charge on any atom is 0.328 e. The number of carboxylic acid groups (broad SMARTS) is 2. The number of rotatable bonds is 2. The first-order chi connectivity index (χ1) is 12.3. The summed E-state index contributed by atoms with van der Waals surface area (Å²) in [4.78, 5) is 21.6. The highest BCUT2D eigenvalue weighted by Crippen LogP contribution is 2.58. The number of carboxylic acids is 2. The lowest BCUT2D eigenvalue weighted by atomic mass is 9.78. The molecule has 134 valence electrons. The van der Waals surface area contributed by atoms with Crippen LogP contribution in [0.15, 0.2) is 54.6 Å². The van der Waals surface area contributed by atoms with Gasteiger partial charge in [-0.15, -0.1) is 0 Å². The fourth-order valence-corrected chi connectivity index (χ4v) is 4.05. The maximum atomic E-state index is 9.55. The summed E-state index contributed by atoms with van der Waals surface area (Å²) in [7, 11) is 2.21. The number of hydrogen-bond donors (Lipinski definition) is 2. The van der Waals surface area contributed by atoms with E-state index in [9.17, 15) is 9.59 Å². The largest absolute Gasteiger partial charge is 0.478 e. The van der Waals surface area contributed by atoms with Crippen molar-refractivity contribution in [2.75, 3.05) is 7.05 Å². The Morgan fingerprint density at radius 3 is 2.23 bits per heavy atom. The predicted octanol–water partition coefficient (Wildman–Crippen LogP) is 3.66. The Labute approximate surface area is 156 Å². The lowest BCUT2D eigenvalue weighted by molar-refractivity contribution is -0.134. The van der Waals surface area contributed by atoms with E-state index in [0.717, 1.165) is 5.02 Å². The van der Waals surface area contributed by atoms with E-state index in [2.05, 4.69) is 55.3 Å². The first kappa shape index (κ1) is 18.2. The molecule has 2 aliphatic heterocycles. The molecule has 0 aromatic heterocycles. The minimum Gasteiger partial charge on any atom is -0.478 e. The Bertz CT molecular complexity index is 908. The van der Waals surface area contributed by atoms with Crippen LogP contribution in [0.1, 0.15) is 35.2 Å². The zero-order valence-electron chi connectivity index (χ0n) is 14.3. The molecule has 0 spiro atoms. The Kier molecular flexibility index (Phi) is 4.61. The van der Waals surface area contributed by atoms with Crippen molar-refractivity contribution in [2.24, 2.45) is 0 Å². The molecule has 0 saturated carbocycles. The third kappa shape index (κ3) is 2.79. The highest BCUT2D eigenvalue weighted by molar-refractivity contribution is 6.30. The van der Waals surface area contributed by atoms with Gasteiger partial charge in [0.05, 0.1) is 11.6 Å². The van der Waals surface area contributed by atoms with Crippen LogP contribution in [-0.2, 0) is 15.1 Å². The van der Waals surface area contributed by atoms with Crippen molar-refractivity contribution in [1.29, 1.82) is 0 Å². The SMILES string of the molecule is CN1C2c3ccccc3C1(C)c1cc(Cl)ccc12.O=C(O)/C=C/C(=O)O. The number of nitrogens with zero attached hydrogens (tertiary/aromatic N) is 1. The molecule has 0 fully saturated rings. The number of hydrogen-bond acceptors (Lipinski definition) is 3. The van der Waals surface area contributed by atoms with Crippen molar-refractivity contribution in [3.05, 3.63) is 81.9 Å². The molecule has 2 bridgehead atoms. The van der Waals surface area contributed by atoms with E-state index >= 15 is 0 Å². The lowest BCUT2D eigenvalue weighted by Gasteiger charge is -2.30. The van der Waals surface area contributed by atoms with Gasteiger partial charge < -0.3 is 10.2 Å². The van der Waals surface area contributed by atoms with Crippen molar-refractivity contribution >= 4 is 23.5 Å². The second kappa shape index (κ2) is 6.59. The molecule has 0 amide bonds. The van der Waals surface area contributed by atoms with Crippen LogP contribution in [0.4, 0.5) is 0 Å². The number of benzene rings is 2. The number of aliphatic carboxylic acids is 2. The summed E-state index contributed by atoms with van der Waals surface area (Å²) >= 11 is 6.18. The van der Waals surface area contributed by atoms with Crippen LogP contribution in [0.5, 0.6) is 0 Å². The van der Waals surface area contributed by atoms with E-state index < -0.39 is 11.9 Å². The molecule has 6 heteroatoms. The standard InChI is InChI=1S/C16H14ClN.C4H4O4/c1-16-13-6-4-3-5-11(13)15(18(16)2)12-8-7-10(17)9-14(12)16;5-3(6)1-2-4(7)8/h3-9,15H,1-2H3;1-2H,(H,5,6)(H,7,8)/b;2-1+. The molecule has 0 saturated heterocycles. The van der Waals surface area contributed by atoms with E-state index in [1.54, 1.807) is 0 Å². The highest BCUT2D eigenvalue weighted by Gasteiger charge is 2.53. The lowest BCUT2D eigenvalue weighted by Crippen LogP contribution is -2.32. The fraction of sp³-hybridized carbons (Fsp3) is 0.200. The van der Waals surface area contributed by atoms with Gasteiger partial charge in [0, 0.05) is 17.2 Å². The van der Waals surface area contributed by atoms with Gasteiger partial charge in [0.15, 0.2) is 0 Å². The number of fused-ring (bicyclic) bond motifs is 8.